The number of aromatic nitrogens is 1. The minimum absolute atomic E-state index is 0.127. The monoisotopic (exact) mass is 359 g/mol. The zero-order chi connectivity index (χ0) is 19.2. The highest BCUT2D eigenvalue weighted by molar-refractivity contribution is 6.04. The maximum absolute atomic E-state index is 12.4. The van der Waals surface area contributed by atoms with E-state index in [2.05, 4.69) is 41.2 Å². The molecule has 0 atom stereocenters. The standard InChI is InChI=1S/C23H25N3O/c1-17(2)26(16-19-9-5-4-6-10-19)22-13-12-21(15-24-22)25-23(27)20-11-7-8-18(3)14-20/h4-15,17H,16H2,1-3H3,(H,25,27). The average Bonchev–Trinajstić information content (AvgIpc) is 2.67. The van der Waals surface area contributed by atoms with Crippen molar-refractivity contribution in [1.29, 1.82) is 0 Å². The molecule has 1 aromatic heterocycles. The number of nitrogens with zero attached hydrogens (tertiary/aromatic N) is 2. The lowest BCUT2D eigenvalue weighted by atomic mass is 10.1. The highest BCUT2D eigenvalue weighted by Gasteiger charge is 2.13. The summed E-state index contributed by atoms with van der Waals surface area (Å²) >= 11 is 0. The lowest BCUT2D eigenvalue weighted by Crippen LogP contribution is -2.30. The van der Waals surface area contributed by atoms with Gasteiger partial charge in [-0.25, -0.2) is 4.98 Å². The summed E-state index contributed by atoms with van der Waals surface area (Å²) in [6.45, 7) is 7.07. The number of anilines is 2. The third kappa shape index (κ3) is 4.94. The predicted molar refractivity (Wildman–Crippen MR) is 111 cm³/mol. The minimum Gasteiger partial charge on any atom is -0.350 e. The fraction of sp³-hybridized carbons (Fsp3) is 0.217. The molecule has 0 unspecified atom stereocenters. The van der Waals surface area contributed by atoms with Crippen LogP contribution in [0.25, 0.3) is 0 Å². The van der Waals surface area contributed by atoms with Gasteiger partial charge in [0, 0.05) is 18.2 Å². The van der Waals surface area contributed by atoms with Crippen LogP contribution in [-0.2, 0) is 6.54 Å². The Kier molecular flexibility index (Phi) is 5.87. The molecule has 1 N–H and O–H groups in total. The van der Waals surface area contributed by atoms with E-state index in [-0.39, 0.29) is 5.91 Å². The summed E-state index contributed by atoms with van der Waals surface area (Å²) in [6.07, 6.45) is 1.71. The summed E-state index contributed by atoms with van der Waals surface area (Å²) in [5, 5.41) is 2.91. The molecule has 3 aromatic rings. The van der Waals surface area contributed by atoms with Gasteiger partial charge in [0.05, 0.1) is 11.9 Å². The molecular weight excluding hydrogens is 334 g/mol. The number of carbonyl (C=O) groups excluding carboxylic acids is 1. The van der Waals surface area contributed by atoms with Gasteiger partial charge in [-0.3, -0.25) is 4.79 Å². The SMILES string of the molecule is Cc1cccc(C(=O)Nc2ccc(N(Cc3ccccc3)C(C)C)nc2)c1. The van der Waals surface area contributed by atoms with Crippen molar-refractivity contribution >= 4 is 17.4 Å². The van der Waals surface area contributed by atoms with E-state index in [1.54, 1.807) is 6.20 Å². The first-order valence-electron chi connectivity index (χ1n) is 9.17. The second-order valence-electron chi connectivity index (χ2n) is 6.94. The Labute approximate surface area is 160 Å². The number of pyridine rings is 1. The zero-order valence-electron chi connectivity index (χ0n) is 16.0. The topological polar surface area (TPSA) is 45.2 Å². The lowest BCUT2D eigenvalue weighted by molar-refractivity contribution is 0.102. The molecule has 4 nitrogen and oxygen atoms in total. The van der Waals surface area contributed by atoms with Gasteiger partial charge in [-0.1, -0.05) is 48.0 Å². The Morgan fingerprint density at radius 1 is 1.04 bits per heavy atom. The van der Waals surface area contributed by atoms with Crippen LogP contribution in [0.3, 0.4) is 0 Å². The molecule has 138 valence electrons. The molecule has 0 radical (unpaired) electrons. The smallest absolute Gasteiger partial charge is 0.255 e. The van der Waals surface area contributed by atoms with Crippen molar-refractivity contribution in [2.24, 2.45) is 0 Å². The molecule has 4 heteroatoms. The first kappa shape index (κ1) is 18.6. The maximum atomic E-state index is 12.4. The molecule has 0 aliphatic carbocycles. The van der Waals surface area contributed by atoms with Crippen LogP contribution in [-0.4, -0.2) is 16.9 Å². The van der Waals surface area contributed by atoms with Crippen molar-refractivity contribution in [3.8, 4) is 0 Å². The Morgan fingerprint density at radius 2 is 1.81 bits per heavy atom. The summed E-state index contributed by atoms with van der Waals surface area (Å²) in [5.74, 6) is 0.764. The summed E-state index contributed by atoms with van der Waals surface area (Å²) in [7, 11) is 0. The Balaban J connectivity index is 1.72. The first-order valence-corrected chi connectivity index (χ1v) is 9.17. The van der Waals surface area contributed by atoms with E-state index < -0.39 is 0 Å². The van der Waals surface area contributed by atoms with Gasteiger partial charge in [0.25, 0.3) is 5.91 Å². The van der Waals surface area contributed by atoms with Crippen molar-refractivity contribution in [3.63, 3.8) is 0 Å². The highest BCUT2D eigenvalue weighted by Crippen LogP contribution is 2.20. The van der Waals surface area contributed by atoms with Crippen LogP contribution in [0, 0.1) is 6.92 Å². The second-order valence-corrected chi connectivity index (χ2v) is 6.94. The molecule has 0 spiro atoms. The van der Waals surface area contributed by atoms with Gasteiger partial charge in [-0.15, -0.1) is 0 Å². The summed E-state index contributed by atoms with van der Waals surface area (Å²) < 4.78 is 0. The van der Waals surface area contributed by atoms with E-state index >= 15 is 0 Å². The average molecular weight is 359 g/mol. The summed E-state index contributed by atoms with van der Waals surface area (Å²) in [4.78, 5) is 19.2. The number of amides is 1. The van der Waals surface area contributed by atoms with Crippen molar-refractivity contribution in [2.75, 3.05) is 10.2 Å². The molecule has 2 aromatic carbocycles. The molecule has 1 heterocycles. The van der Waals surface area contributed by atoms with Gasteiger partial charge in [-0.2, -0.15) is 0 Å². The van der Waals surface area contributed by atoms with Crippen LogP contribution in [0.5, 0.6) is 0 Å². The number of nitrogens with one attached hydrogen (secondary N) is 1. The number of rotatable bonds is 6. The Morgan fingerprint density at radius 3 is 2.44 bits per heavy atom. The van der Waals surface area contributed by atoms with E-state index in [4.69, 9.17) is 0 Å². The number of carbonyl (C=O) groups is 1. The minimum atomic E-state index is -0.127. The van der Waals surface area contributed by atoms with Crippen LogP contribution in [0.4, 0.5) is 11.5 Å². The number of hydrogen-bond acceptors (Lipinski definition) is 3. The molecule has 0 aliphatic heterocycles. The quantitative estimate of drug-likeness (QED) is 0.669. The number of benzene rings is 2. The molecule has 0 saturated carbocycles. The Bertz CT molecular complexity index is 889. The highest BCUT2D eigenvalue weighted by atomic mass is 16.1. The second kappa shape index (κ2) is 8.49. The van der Waals surface area contributed by atoms with Crippen LogP contribution in [0.1, 0.15) is 35.3 Å². The maximum Gasteiger partial charge on any atom is 0.255 e. The molecule has 3 rings (SSSR count). The van der Waals surface area contributed by atoms with Crippen LogP contribution in [0.15, 0.2) is 72.9 Å². The molecule has 0 fully saturated rings. The summed E-state index contributed by atoms with van der Waals surface area (Å²) in [5.41, 5.74) is 3.63. The van der Waals surface area contributed by atoms with Crippen LogP contribution >= 0.6 is 0 Å². The van der Waals surface area contributed by atoms with Gasteiger partial charge >= 0.3 is 0 Å². The van der Waals surface area contributed by atoms with Gasteiger partial charge in [0.2, 0.25) is 0 Å². The van der Waals surface area contributed by atoms with Crippen LogP contribution in [0.2, 0.25) is 0 Å². The van der Waals surface area contributed by atoms with Crippen molar-refractivity contribution in [3.05, 3.63) is 89.6 Å². The Hall–Kier alpha value is -3.14. The van der Waals surface area contributed by atoms with Crippen molar-refractivity contribution in [2.45, 2.75) is 33.4 Å². The predicted octanol–water partition coefficient (Wildman–Crippen LogP) is 5.06. The molecule has 0 bridgehead atoms. The third-order valence-electron chi connectivity index (χ3n) is 4.40. The van der Waals surface area contributed by atoms with Crippen LogP contribution < -0.4 is 10.2 Å². The van der Waals surface area contributed by atoms with E-state index in [1.165, 1.54) is 5.56 Å². The van der Waals surface area contributed by atoms with Gasteiger partial charge in [-0.05, 0) is 50.6 Å². The number of aryl methyl sites for hydroxylation is 1. The van der Waals surface area contributed by atoms with Gasteiger partial charge in [0.1, 0.15) is 5.82 Å². The molecule has 0 saturated heterocycles. The van der Waals surface area contributed by atoms with E-state index in [0.717, 1.165) is 17.9 Å². The van der Waals surface area contributed by atoms with Gasteiger partial charge < -0.3 is 10.2 Å². The fourth-order valence-corrected chi connectivity index (χ4v) is 2.93. The third-order valence-corrected chi connectivity index (χ3v) is 4.40. The van der Waals surface area contributed by atoms with Crippen molar-refractivity contribution < 1.29 is 4.79 Å². The first-order chi connectivity index (χ1) is 13.0. The molecule has 1 amide bonds. The lowest BCUT2D eigenvalue weighted by Gasteiger charge is -2.28. The largest absolute Gasteiger partial charge is 0.350 e. The van der Waals surface area contributed by atoms with E-state index in [1.807, 2.05) is 61.5 Å². The summed E-state index contributed by atoms with van der Waals surface area (Å²) in [6, 6.07) is 22.1. The fourth-order valence-electron chi connectivity index (χ4n) is 2.93. The normalized spacial score (nSPS) is 10.7. The van der Waals surface area contributed by atoms with Crippen molar-refractivity contribution in [1.82, 2.24) is 4.98 Å². The molecule has 27 heavy (non-hydrogen) atoms. The van der Waals surface area contributed by atoms with E-state index in [9.17, 15) is 4.79 Å². The molecule has 0 aliphatic rings. The molecular formula is C23H25N3O. The number of hydrogen-bond donors (Lipinski definition) is 1. The van der Waals surface area contributed by atoms with Gasteiger partial charge in [0.15, 0.2) is 0 Å². The van der Waals surface area contributed by atoms with E-state index in [0.29, 0.717) is 17.3 Å². The zero-order valence-corrected chi connectivity index (χ0v) is 16.0.